The number of nitrogens with zero attached hydrogens (tertiary/aromatic N) is 1. The van der Waals surface area contributed by atoms with Gasteiger partial charge in [-0.25, -0.2) is 4.98 Å². The Morgan fingerprint density at radius 2 is 2.32 bits per heavy atom. The van der Waals surface area contributed by atoms with Crippen molar-refractivity contribution in [3.8, 4) is 11.3 Å². The number of anilines is 1. The van der Waals surface area contributed by atoms with Crippen molar-refractivity contribution in [3.05, 3.63) is 23.0 Å². The van der Waals surface area contributed by atoms with Crippen molar-refractivity contribution in [2.75, 3.05) is 11.9 Å². The lowest BCUT2D eigenvalue weighted by atomic mass is 10.2. The summed E-state index contributed by atoms with van der Waals surface area (Å²) in [5.41, 5.74) is 7.32. The van der Waals surface area contributed by atoms with Crippen LogP contribution in [0.3, 0.4) is 0 Å². The number of aryl methyl sites for hydroxylation is 2. The van der Waals surface area contributed by atoms with Crippen LogP contribution in [-0.4, -0.2) is 29.6 Å². The normalized spacial score (nSPS) is 21.2. The average Bonchev–Trinajstić information content (AvgIpc) is 3.18. The SMILES string of the molecule is Cc1cc(-c2csc(NC(=O)[C@@H]3CC[C@H](CN)O3)n2)c(C)o1. The van der Waals surface area contributed by atoms with Gasteiger partial charge in [-0.05, 0) is 32.8 Å². The van der Waals surface area contributed by atoms with Gasteiger partial charge in [-0.1, -0.05) is 0 Å². The van der Waals surface area contributed by atoms with Gasteiger partial charge in [-0.15, -0.1) is 11.3 Å². The second-order valence-electron chi connectivity index (χ2n) is 5.41. The molecule has 3 heterocycles. The summed E-state index contributed by atoms with van der Waals surface area (Å²) in [5, 5.41) is 5.29. The molecule has 3 rings (SSSR count). The first-order valence-electron chi connectivity index (χ1n) is 7.26. The molecular formula is C15H19N3O3S. The molecule has 118 valence electrons. The Bertz CT molecular complexity index is 679. The van der Waals surface area contributed by atoms with Gasteiger partial charge in [-0.2, -0.15) is 0 Å². The molecule has 2 aromatic heterocycles. The van der Waals surface area contributed by atoms with Crippen molar-refractivity contribution in [3.63, 3.8) is 0 Å². The van der Waals surface area contributed by atoms with Crippen molar-refractivity contribution in [2.45, 2.75) is 38.9 Å². The smallest absolute Gasteiger partial charge is 0.255 e. The van der Waals surface area contributed by atoms with E-state index in [0.29, 0.717) is 18.1 Å². The molecule has 1 amide bonds. The third kappa shape index (κ3) is 3.06. The second kappa shape index (κ2) is 6.20. The maximum Gasteiger partial charge on any atom is 0.255 e. The predicted octanol–water partition coefficient (Wildman–Crippen LogP) is 2.46. The fourth-order valence-corrected chi connectivity index (χ4v) is 3.31. The molecule has 1 saturated heterocycles. The lowest BCUT2D eigenvalue weighted by Crippen LogP contribution is -2.29. The summed E-state index contributed by atoms with van der Waals surface area (Å²) >= 11 is 1.39. The zero-order chi connectivity index (χ0) is 15.7. The number of hydrogen-bond donors (Lipinski definition) is 2. The van der Waals surface area contributed by atoms with Crippen molar-refractivity contribution in [1.82, 2.24) is 4.98 Å². The summed E-state index contributed by atoms with van der Waals surface area (Å²) in [6, 6.07) is 1.95. The van der Waals surface area contributed by atoms with E-state index in [0.717, 1.165) is 29.2 Å². The second-order valence-corrected chi connectivity index (χ2v) is 6.27. The summed E-state index contributed by atoms with van der Waals surface area (Å²) in [6.07, 6.45) is 1.08. The fourth-order valence-electron chi connectivity index (χ4n) is 2.60. The molecule has 0 unspecified atom stereocenters. The molecule has 0 bridgehead atoms. The van der Waals surface area contributed by atoms with E-state index in [1.807, 2.05) is 25.3 Å². The van der Waals surface area contributed by atoms with Crippen LogP contribution in [0.2, 0.25) is 0 Å². The van der Waals surface area contributed by atoms with Crippen LogP contribution >= 0.6 is 11.3 Å². The van der Waals surface area contributed by atoms with Gasteiger partial charge in [-0.3, -0.25) is 10.1 Å². The summed E-state index contributed by atoms with van der Waals surface area (Å²) in [6.45, 7) is 4.25. The molecule has 22 heavy (non-hydrogen) atoms. The minimum absolute atomic E-state index is 0.0147. The van der Waals surface area contributed by atoms with Crippen molar-refractivity contribution >= 4 is 22.4 Å². The molecule has 1 aliphatic heterocycles. The van der Waals surface area contributed by atoms with Gasteiger partial charge in [0.05, 0.1) is 11.8 Å². The average molecular weight is 321 g/mol. The number of ether oxygens (including phenoxy) is 1. The summed E-state index contributed by atoms with van der Waals surface area (Å²) < 4.78 is 11.1. The lowest BCUT2D eigenvalue weighted by molar-refractivity contribution is -0.126. The summed E-state index contributed by atoms with van der Waals surface area (Å²) in [4.78, 5) is 16.6. The van der Waals surface area contributed by atoms with Crippen LogP contribution < -0.4 is 11.1 Å². The van der Waals surface area contributed by atoms with Crippen LogP contribution in [0, 0.1) is 13.8 Å². The zero-order valence-corrected chi connectivity index (χ0v) is 13.4. The monoisotopic (exact) mass is 321 g/mol. The van der Waals surface area contributed by atoms with Gasteiger partial charge in [0.25, 0.3) is 5.91 Å². The Morgan fingerprint density at radius 1 is 1.50 bits per heavy atom. The van der Waals surface area contributed by atoms with Crippen LogP contribution in [0.1, 0.15) is 24.4 Å². The first-order valence-corrected chi connectivity index (χ1v) is 8.14. The van der Waals surface area contributed by atoms with Crippen molar-refractivity contribution in [2.24, 2.45) is 5.73 Å². The van der Waals surface area contributed by atoms with E-state index < -0.39 is 6.10 Å². The van der Waals surface area contributed by atoms with Crippen LogP contribution in [-0.2, 0) is 9.53 Å². The highest BCUT2D eigenvalue weighted by atomic mass is 32.1. The molecule has 0 saturated carbocycles. The van der Waals surface area contributed by atoms with Gasteiger partial charge in [0.1, 0.15) is 17.6 Å². The van der Waals surface area contributed by atoms with E-state index in [4.69, 9.17) is 14.9 Å². The highest BCUT2D eigenvalue weighted by Crippen LogP contribution is 2.30. The number of furan rings is 1. The number of carbonyl (C=O) groups is 1. The lowest BCUT2D eigenvalue weighted by Gasteiger charge is -2.11. The minimum atomic E-state index is -0.432. The number of nitrogens with two attached hydrogens (primary N) is 1. The molecule has 2 aromatic rings. The molecule has 6 nitrogen and oxygen atoms in total. The minimum Gasteiger partial charge on any atom is -0.466 e. The zero-order valence-electron chi connectivity index (χ0n) is 12.6. The number of hydrogen-bond acceptors (Lipinski definition) is 6. The van der Waals surface area contributed by atoms with Crippen molar-refractivity contribution < 1.29 is 13.9 Å². The van der Waals surface area contributed by atoms with Gasteiger partial charge < -0.3 is 14.9 Å². The van der Waals surface area contributed by atoms with E-state index in [2.05, 4.69) is 10.3 Å². The van der Waals surface area contributed by atoms with Crippen LogP contribution in [0.25, 0.3) is 11.3 Å². The van der Waals surface area contributed by atoms with Gasteiger partial charge >= 0.3 is 0 Å². The number of amides is 1. The topological polar surface area (TPSA) is 90.4 Å². The molecule has 0 aliphatic carbocycles. The molecule has 0 aromatic carbocycles. The van der Waals surface area contributed by atoms with E-state index in [-0.39, 0.29) is 12.0 Å². The Kier molecular flexibility index (Phi) is 4.28. The summed E-state index contributed by atoms with van der Waals surface area (Å²) in [7, 11) is 0. The third-order valence-corrected chi connectivity index (χ3v) is 4.47. The van der Waals surface area contributed by atoms with E-state index in [1.165, 1.54) is 11.3 Å². The summed E-state index contributed by atoms with van der Waals surface area (Å²) in [5.74, 6) is 1.51. The maximum atomic E-state index is 12.2. The van der Waals surface area contributed by atoms with Gasteiger partial charge in [0, 0.05) is 17.5 Å². The number of rotatable bonds is 4. The highest BCUT2D eigenvalue weighted by Gasteiger charge is 2.30. The molecule has 7 heteroatoms. The largest absolute Gasteiger partial charge is 0.466 e. The van der Waals surface area contributed by atoms with Crippen LogP contribution in [0.5, 0.6) is 0 Å². The highest BCUT2D eigenvalue weighted by molar-refractivity contribution is 7.14. The van der Waals surface area contributed by atoms with Crippen molar-refractivity contribution in [1.29, 1.82) is 0 Å². The molecule has 3 N–H and O–H groups in total. The predicted molar refractivity (Wildman–Crippen MR) is 84.9 cm³/mol. The molecule has 2 atom stereocenters. The number of nitrogens with one attached hydrogen (secondary N) is 1. The van der Waals surface area contributed by atoms with E-state index in [1.54, 1.807) is 0 Å². The van der Waals surface area contributed by atoms with E-state index >= 15 is 0 Å². The fraction of sp³-hybridized carbons (Fsp3) is 0.467. The molecule has 0 spiro atoms. The number of carbonyl (C=O) groups excluding carboxylic acids is 1. The third-order valence-electron chi connectivity index (χ3n) is 3.71. The molecule has 1 fully saturated rings. The van der Waals surface area contributed by atoms with Crippen LogP contribution in [0.15, 0.2) is 15.9 Å². The first-order chi connectivity index (χ1) is 10.6. The number of thiazole rings is 1. The standard InChI is InChI=1S/C15H19N3O3S/c1-8-5-11(9(2)20-8)12-7-22-15(17-12)18-14(19)13-4-3-10(6-16)21-13/h5,7,10,13H,3-4,6,16H2,1-2H3,(H,17,18,19)/t10-,13+/m1/s1. The Labute approximate surface area is 132 Å². The first kappa shape index (κ1) is 15.2. The van der Waals surface area contributed by atoms with Crippen LogP contribution in [0.4, 0.5) is 5.13 Å². The van der Waals surface area contributed by atoms with E-state index in [9.17, 15) is 4.79 Å². The Hall–Kier alpha value is -1.70. The molecule has 0 radical (unpaired) electrons. The number of aromatic nitrogens is 1. The molecular weight excluding hydrogens is 302 g/mol. The van der Waals surface area contributed by atoms with Gasteiger partial charge in [0.15, 0.2) is 5.13 Å². The Morgan fingerprint density at radius 3 is 2.95 bits per heavy atom. The molecule has 1 aliphatic rings. The quantitative estimate of drug-likeness (QED) is 0.903. The Balaban J connectivity index is 1.67. The maximum absolute atomic E-state index is 12.2. The van der Waals surface area contributed by atoms with Gasteiger partial charge in [0.2, 0.25) is 0 Å².